The van der Waals surface area contributed by atoms with Crippen LogP contribution in [0, 0.1) is 11.6 Å². The fraction of sp³-hybridized carbons (Fsp3) is 0.0435. The van der Waals surface area contributed by atoms with Gasteiger partial charge in [-0.1, -0.05) is 65.9 Å². The second-order valence-electron chi connectivity index (χ2n) is 6.95. The summed E-state index contributed by atoms with van der Waals surface area (Å²) in [5, 5.41) is 7.84. The van der Waals surface area contributed by atoms with Gasteiger partial charge < -0.3 is 0 Å². The lowest BCUT2D eigenvalue weighted by atomic mass is 9.98. The van der Waals surface area contributed by atoms with Crippen molar-refractivity contribution >= 4 is 11.2 Å². The number of hydrogen-bond acceptors (Lipinski definition) is 4. The van der Waals surface area contributed by atoms with E-state index in [4.69, 9.17) is 0 Å². The van der Waals surface area contributed by atoms with Gasteiger partial charge in [0, 0.05) is 6.07 Å². The van der Waals surface area contributed by atoms with Crippen LogP contribution in [0.15, 0.2) is 90.0 Å². The van der Waals surface area contributed by atoms with Crippen LogP contribution < -0.4 is 5.56 Å². The topological polar surface area (TPSA) is 65.6 Å². The molecule has 0 saturated heterocycles. The van der Waals surface area contributed by atoms with Crippen LogP contribution in [0.25, 0.3) is 16.9 Å². The summed E-state index contributed by atoms with van der Waals surface area (Å²) in [6.45, 7) is 0. The Morgan fingerprint density at radius 2 is 1.48 bits per heavy atom. The van der Waals surface area contributed by atoms with Crippen molar-refractivity contribution in [2.24, 2.45) is 0 Å². The van der Waals surface area contributed by atoms with E-state index >= 15 is 0 Å². The standard InChI is InChI=1S/C23H15F2N5O/c24-17-11-12-19(18(25)13-17)30-22-20(27-28-30)23(31)29(14-26-22)21(15-7-3-1-4-8-15)16-9-5-2-6-10-16/h1-14,21H. The molecular formula is C23H15F2N5O. The highest BCUT2D eigenvalue weighted by molar-refractivity contribution is 5.70. The molecule has 0 saturated carbocycles. The SMILES string of the molecule is O=c1c2nnn(-c3ccc(F)cc3F)c2ncn1C(c1ccccc1)c1ccccc1. The molecule has 152 valence electrons. The van der Waals surface area contributed by atoms with Gasteiger partial charge in [-0.05, 0) is 23.3 Å². The van der Waals surface area contributed by atoms with Crippen LogP contribution in [0.3, 0.4) is 0 Å². The van der Waals surface area contributed by atoms with Crippen molar-refractivity contribution in [2.45, 2.75) is 6.04 Å². The van der Waals surface area contributed by atoms with E-state index < -0.39 is 23.2 Å². The molecule has 0 spiro atoms. The largest absolute Gasteiger partial charge is 0.285 e. The molecule has 6 nitrogen and oxygen atoms in total. The molecule has 31 heavy (non-hydrogen) atoms. The van der Waals surface area contributed by atoms with Crippen LogP contribution in [0.5, 0.6) is 0 Å². The van der Waals surface area contributed by atoms with E-state index in [1.165, 1.54) is 17.0 Å². The Balaban J connectivity index is 1.70. The molecule has 0 aliphatic heterocycles. The minimum atomic E-state index is -0.829. The van der Waals surface area contributed by atoms with Crippen LogP contribution in [0.2, 0.25) is 0 Å². The van der Waals surface area contributed by atoms with Crippen LogP contribution in [0.1, 0.15) is 17.2 Å². The molecule has 5 aromatic rings. The first-order chi connectivity index (χ1) is 15.1. The summed E-state index contributed by atoms with van der Waals surface area (Å²) in [6, 6.07) is 21.8. The van der Waals surface area contributed by atoms with Crippen molar-refractivity contribution < 1.29 is 8.78 Å². The van der Waals surface area contributed by atoms with Gasteiger partial charge in [-0.2, -0.15) is 4.68 Å². The van der Waals surface area contributed by atoms with Gasteiger partial charge in [0.2, 0.25) is 0 Å². The van der Waals surface area contributed by atoms with Gasteiger partial charge in [-0.3, -0.25) is 9.36 Å². The molecule has 3 aromatic carbocycles. The summed E-state index contributed by atoms with van der Waals surface area (Å²) in [7, 11) is 0. The lowest BCUT2D eigenvalue weighted by Crippen LogP contribution is -2.27. The number of nitrogens with zero attached hydrogens (tertiary/aromatic N) is 5. The summed E-state index contributed by atoms with van der Waals surface area (Å²) in [5.74, 6) is -1.54. The molecule has 0 atom stereocenters. The third kappa shape index (κ3) is 3.28. The second-order valence-corrected chi connectivity index (χ2v) is 6.95. The maximum atomic E-state index is 14.3. The predicted molar refractivity (Wildman–Crippen MR) is 111 cm³/mol. The Labute approximate surface area is 175 Å². The van der Waals surface area contributed by atoms with Crippen LogP contribution in [0.4, 0.5) is 8.78 Å². The van der Waals surface area contributed by atoms with Gasteiger partial charge in [0.25, 0.3) is 5.56 Å². The highest BCUT2D eigenvalue weighted by Crippen LogP contribution is 2.26. The van der Waals surface area contributed by atoms with E-state index in [0.29, 0.717) is 0 Å². The lowest BCUT2D eigenvalue weighted by molar-refractivity contribution is 0.573. The van der Waals surface area contributed by atoms with E-state index in [2.05, 4.69) is 15.3 Å². The first-order valence-electron chi connectivity index (χ1n) is 9.51. The lowest BCUT2D eigenvalue weighted by Gasteiger charge is -2.20. The highest BCUT2D eigenvalue weighted by atomic mass is 19.1. The third-order valence-corrected chi connectivity index (χ3v) is 5.03. The van der Waals surface area contributed by atoms with E-state index in [-0.39, 0.29) is 16.9 Å². The number of fused-ring (bicyclic) bond motifs is 1. The average Bonchev–Trinajstić information content (AvgIpc) is 3.22. The second kappa shape index (κ2) is 7.56. The van der Waals surface area contributed by atoms with Crippen LogP contribution >= 0.6 is 0 Å². The Morgan fingerprint density at radius 3 is 2.10 bits per heavy atom. The quantitative estimate of drug-likeness (QED) is 0.447. The number of aromatic nitrogens is 5. The molecule has 0 aliphatic carbocycles. The zero-order valence-electron chi connectivity index (χ0n) is 16.1. The Bertz CT molecular complexity index is 1390. The number of halogens is 2. The minimum absolute atomic E-state index is 0.0110. The van der Waals surface area contributed by atoms with Gasteiger partial charge in [0.15, 0.2) is 17.0 Å². The van der Waals surface area contributed by atoms with Gasteiger partial charge >= 0.3 is 0 Å². The molecule has 0 radical (unpaired) electrons. The maximum absolute atomic E-state index is 14.3. The molecule has 0 bridgehead atoms. The molecule has 0 unspecified atom stereocenters. The van der Waals surface area contributed by atoms with E-state index in [1.54, 1.807) is 0 Å². The molecule has 0 fully saturated rings. The summed E-state index contributed by atoms with van der Waals surface area (Å²) in [6.07, 6.45) is 1.40. The molecule has 8 heteroatoms. The average molecular weight is 415 g/mol. The van der Waals surface area contributed by atoms with Gasteiger partial charge in [-0.15, -0.1) is 5.10 Å². The first-order valence-corrected chi connectivity index (χ1v) is 9.51. The zero-order chi connectivity index (χ0) is 21.4. The van der Waals surface area contributed by atoms with Crippen molar-refractivity contribution in [3.8, 4) is 5.69 Å². The number of hydrogen-bond donors (Lipinski definition) is 0. The molecule has 0 N–H and O–H groups in total. The van der Waals surface area contributed by atoms with Crippen molar-refractivity contribution in [1.29, 1.82) is 0 Å². The molecular weight excluding hydrogens is 400 g/mol. The Morgan fingerprint density at radius 1 is 0.839 bits per heavy atom. The van der Waals surface area contributed by atoms with E-state index in [0.717, 1.165) is 27.9 Å². The summed E-state index contributed by atoms with van der Waals surface area (Å²) < 4.78 is 30.1. The molecule has 0 amide bonds. The van der Waals surface area contributed by atoms with Crippen molar-refractivity contribution in [3.05, 3.63) is 118 Å². The molecule has 2 aromatic heterocycles. The highest BCUT2D eigenvalue weighted by Gasteiger charge is 2.22. The van der Waals surface area contributed by atoms with Crippen LogP contribution in [-0.2, 0) is 0 Å². The van der Waals surface area contributed by atoms with Gasteiger partial charge in [0.05, 0.1) is 6.04 Å². The number of benzene rings is 3. The van der Waals surface area contributed by atoms with Crippen molar-refractivity contribution in [3.63, 3.8) is 0 Å². The molecule has 5 rings (SSSR count). The predicted octanol–water partition coefficient (Wildman–Crippen LogP) is 3.89. The van der Waals surface area contributed by atoms with Crippen LogP contribution in [-0.4, -0.2) is 24.5 Å². The summed E-state index contributed by atoms with van der Waals surface area (Å²) >= 11 is 0. The monoisotopic (exact) mass is 415 g/mol. The molecule has 0 aliphatic rings. The van der Waals surface area contributed by atoms with E-state index in [1.807, 2.05) is 60.7 Å². The Kier molecular flexibility index (Phi) is 4.59. The smallest absolute Gasteiger partial charge is 0.284 e. The molecule has 2 heterocycles. The minimum Gasteiger partial charge on any atom is -0.285 e. The number of rotatable bonds is 4. The fourth-order valence-corrected chi connectivity index (χ4v) is 3.61. The normalized spacial score (nSPS) is 11.3. The Hall–Kier alpha value is -4.20. The van der Waals surface area contributed by atoms with E-state index in [9.17, 15) is 13.6 Å². The summed E-state index contributed by atoms with van der Waals surface area (Å²) in [5.41, 5.74) is 1.41. The first kappa shape index (κ1) is 18.8. The third-order valence-electron chi connectivity index (χ3n) is 5.03. The zero-order valence-corrected chi connectivity index (χ0v) is 16.1. The fourth-order valence-electron chi connectivity index (χ4n) is 3.61. The van der Waals surface area contributed by atoms with Gasteiger partial charge in [0.1, 0.15) is 17.8 Å². The van der Waals surface area contributed by atoms with Crippen molar-refractivity contribution in [1.82, 2.24) is 24.5 Å². The van der Waals surface area contributed by atoms with Crippen molar-refractivity contribution in [2.75, 3.05) is 0 Å². The van der Waals surface area contributed by atoms with Gasteiger partial charge in [-0.25, -0.2) is 13.8 Å². The summed E-state index contributed by atoms with van der Waals surface area (Å²) in [4.78, 5) is 17.7. The maximum Gasteiger partial charge on any atom is 0.284 e.